The maximum absolute atomic E-state index is 12.3. The molecule has 0 spiro atoms. The Morgan fingerprint density at radius 2 is 1.14 bits per heavy atom. The van der Waals surface area contributed by atoms with Gasteiger partial charge in [-0.2, -0.15) is 0 Å². The molecular weight excluding hydrogens is 746 g/mol. The number of halogens is 1. The van der Waals surface area contributed by atoms with E-state index in [4.69, 9.17) is 14.2 Å². The van der Waals surface area contributed by atoms with Crippen LogP contribution in [0.5, 0.6) is 0 Å². The first kappa shape index (κ1) is 47.9. The Morgan fingerprint density at radius 3 is 1.61 bits per heavy atom. The van der Waals surface area contributed by atoms with Gasteiger partial charge < -0.3 is 34.1 Å². The average molecular weight is 804 g/mol. The van der Waals surface area contributed by atoms with Crippen molar-refractivity contribution in [3.8, 4) is 0 Å². The van der Waals surface area contributed by atoms with Crippen LogP contribution in [0.2, 0.25) is 0 Å². The Bertz CT molecular complexity index is 1810. The van der Waals surface area contributed by atoms with Gasteiger partial charge in [-0.05, 0) is 96.7 Å². The Labute approximate surface area is 344 Å². The standard InChI is InChI=1S/C19H19NO4.C11H13NO2.C9H10O2.C6H15N.ClH/c1-23-18(21)16-8-7-15-9-10-20(12-17(15)11-16)19(22)24-13-14-5-3-2-4-6-14;1-14-11(13)9-3-2-8-4-5-12-7-10(8)6-9;1-8(10)11-7-9-5-3-2-4-6-9;1-4-7(5-2)6-3;/h2-8,11H,9-10,12-13H2,1H3;2-3,6,12H,4-5,7H2,1H3;2-6H,7H2,1H3;4-6H2,1-3H3;1H. The number of nitrogens with zero attached hydrogens (tertiary/aromatic N) is 2. The largest absolute Gasteiger partial charge is 0.465 e. The molecule has 308 valence electrons. The number of amides is 1. The lowest BCUT2D eigenvalue weighted by atomic mass is 9.97. The predicted octanol–water partition coefficient (Wildman–Crippen LogP) is 7.81. The smallest absolute Gasteiger partial charge is 0.410 e. The third-order valence-corrected chi connectivity index (χ3v) is 9.24. The van der Waals surface area contributed by atoms with Crippen LogP contribution in [0.3, 0.4) is 0 Å². The van der Waals surface area contributed by atoms with Gasteiger partial charge in [-0.25, -0.2) is 14.4 Å². The topological polar surface area (TPSA) is 124 Å². The van der Waals surface area contributed by atoms with Gasteiger partial charge in [0.15, 0.2) is 0 Å². The summed E-state index contributed by atoms with van der Waals surface area (Å²) in [6.07, 6.45) is 1.45. The number of carbonyl (C=O) groups excluding carboxylic acids is 4. The Morgan fingerprint density at radius 1 is 0.649 bits per heavy atom. The van der Waals surface area contributed by atoms with Gasteiger partial charge in [0, 0.05) is 26.6 Å². The van der Waals surface area contributed by atoms with Gasteiger partial charge in [0.05, 0.1) is 25.3 Å². The fourth-order valence-electron chi connectivity index (χ4n) is 5.92. The molecule has 4 aromatic carbocycles. The second-order valence-electron chi connectivity index (χ2n) is 13.0. The summed E-state index contributed by atoms with van der Waals surface area (Å²) < 4.78 is 19.6. The normalized spacial score (nSPS) is 12.2. The Hall–Kier alpha value is -5.23. The number of hydrogen-bond donors (Lipinski definition) is 1. The molecule has 11 nitrogen and oxygen atoms in total. The molecule has 57 heavy (non-hydrogen) atoms. The molecule has 0 fully saturated rings. The Balaban J connectivity index is 0.000000289. The summed E-state index contributed by atoms with van der Waals surface area (Å²) in [7, 11) is 2.76. The molecule has 6 rings (SSSR count). The fourth-order valence-corrected chi connectivity index (χ4v) is 5.92. The van der Waals surface area contributed by atoms with E-state index in [1.54, 1.807) is 17.0 Å². The molecule has 1 amide bonds. The molecule has 0 atom stereocenters. The number of benzene rings is 4. The number of fused-ring (bicyclic) bond motifs is 2. The predicted molar refractivity (Wildman–Crippen MR) is 224 cm³/mol. The van der Waals surface area contributed by atoms with E-state index in [0.717, 1.165) is 48.2 Å². The summed E-state index contributed by atoms with van der Waals surface area (Å²) in [5.74, 6) is -0.881. The molecular formula is C45H58ClN3O8. The maximum Gasteiger partial charge on any atom is 0.410 e. The van der Waals surface area contributed by atoms with Gasteiger partial charge in [-0.1, -0.05) is 93.6 Å². The van der Waals surface area contributed by atoms with Crippen LogP contribution in [0.4, 0.5) is 4.79 Å². The van der Waals surface area contributed by atoms with Crippen molar-refractivity contribution < 1.29 is 38.1 Å². The van der Waals surface area contributed by atoms with Crippen LogP contribution in [-0.2, 0) is 62.9 Å². The minimum Gasteiger partial charge on any atom is -0.465 e. The van der Waals surface area contributed by atoms with Crippen molar-refractivity contribution in [3.05, 3.63) is 142 Å². The molecule has 2 aliphatic rings. The van der Waals surface area contributed by atoms with E-state index < -0.39 is 0 Å². The second-order valence-corrected chi connectivity index (χ2v) is 13.0. The maximum atomic E-state index is 12.3. The second kappa shape index (κ2) is 26.6. The summed E-state index contributed by atoms with van der Waals surface area (Å²) in [4.78, 5) is 49.6. The number of methoxy groups -OCH3 is 2. The lowest BCUT2D eigenvalue weighted by Crippen LogP contribution is -2.36. The SMILES string of the molecule is CC(=O)OCc1ccccc1.CCN(CC)CC.COC(=O)c1ccc2c(c1)CN(C(=O)OCc1ccccc1)CC2.COC(=O)c1ccc2c(c1)CNCC2.Cl. The third kappa shape index (κ3) is 16.8. The fraction of sp³-hybridized carbons (Fsp3) is 0.378. The third-order valence-electron chi connectivity index (χ3n) is 9.24. The van der Waals surface area contributed by atoms with Gasteiger partial charge in [-0.3, -0.25) is 4.79 Å². The number of esters is 3. The summed E-state index contributed by atoms with van der Waals surface area (Å²) >= 11 is 0. The van der Waals surface area contributed by atoms with Crippen LogP contribution >= 0.6 is 12.4 Å². The number of carbonyl (C=O) groups is 4. The summed E-state index contributed by atoms with van der Waals surface area (Å²) in [6, 6.07) is 30.4. The molecule has 4 aromatic rings. The number of nitrogens with one attached hydrogen (secondary N) is 1. The number of hydrogen-bond acceptors (Lipinski definition) is 10. The van der Waals surface area contributed by atoms with E-state index in [1.807, 2.05) is 84.9 Å². The molecule has 0 unspecified atom stereocenters. The highest BCUT2D eigenvalue weighted by Gasteiger charge is 2.23. The minimum atomic E-state index is -0.374. The number of rotatable bonds is 9. The van der Waals surface area contributed by atoms with Crippen molar-refractivity contribution in [2.75, 3.05) is 46.9 Å². The van der Waals surface area contributed by atoms with Crippen LogP contribution in [0, 0.1) is 0 Å². The van der Waals surface area contributed by atoms with Crippen LogP contribution in [0.1, 0.15) is 81.8 Å². The van der Waals surface area contributed by atoms with Crippen LogP contribution < -0.4 is 5.32 Å². The summed E-state index contributed by atoms with van der Waals surface area (Å²) in [5.41, 5.74) is 7.75. The monoisotopic (exact) mass is 803 g/mol. The molecule has 2 heterocycles. The lowest BCUT2D eigenvalue weighted by molar-refractivity contribution is -0.142. The van der Waals surface area contributed by atoms with E-state index in [-0.39, 0.29) is 43.0 Å². The van der Waals surface area contributed by atoms with Gasteiger partial charge in [0.25, 0.3) is 0 Å². The first-order chi connectivity index (χ1) is 27.1. The highest BCUT2D eigenvalue weighted by atomic mass is 35.5. The van der Waals surface area contributed by atoms with E-state index in [9.17, 15) is 19.2 Å². The zero-order valence-corrected chi connectivity index (χ0v) is 34.9. The highest BCUT2D eigenvalue weighted by Crippen LogP contribution is 2.22. The van der Waals surface area contributed by atoms with E-state index in [0.29, 0.717) is 30.8 Å². The minimum absolute atomic E-state index is 0. The molecule has 0 saturated carbocycles. The Kier molecular flexibility index (Phi) is 22.4. The molecule has 0 aromatic heterocycles. The molecule has 12 heteroatoms. The first-order valence-corrected chi connectivity index (χ1v) is 19.1. The van der Waals surface area contributed by atoms with E-state index in [1.165, 1.54) is 51.9 Å². The number of ether oxygens (including phenoxy) is 4. The van der Waals surface area contributed by atoms with Crippen LogP contribution in [-0.4, -0.2) is 80.7 Å². The van der Waals surface area contributed by atoms with Gasteiger partial charge >= 0.3 is 24.0 Å². The molecule has 2 aliphatic heterocycles. The van der Waals surface area contributed by atoms with Crippen molar-refractivity contribution in [1.29, 1.82) is 0 Å². The van der Waals surface area contributed by atoms with Crippen molar-refractivity contribution in [1.82, 2.24) is 15.1 Å². The molecule has 1 N–H and O–H groups in total. The van der Waals surface area contributed by atoms with Gasteiger partial charge in [0.1, 0.15) is 13.2 Å². The van der Waals surface area contributed by atoms with Crippen molar-refractivity contribution in [2.45, 2.75) is 66.8 Å². The zero-order valence-electron chi connectivity index (χ0n) is 34.1. The first-order valence-electron chi connectivity index (χ1n) is 19.1. The molecule has 0 bridgehead atoms. The van der Waals surface area contributed by atoms with Crippen LogP contribution in [0.15, 0.2) is 97.1 Å². The highest BCUT2D eigenvalue weighted by molar-refractivity contribution is 5.90. The van der Waals surface area contributed by atoms with Gasteiger partial charge in [-0.15, -0.1) is 12.4 Å². The quantitative estimate of drug-likeness (QED) is 0.132. The van der Waals surface area contributed by atoms with Crippen molar-refractivity contribution in [3.63, 3.8) is 0 Å². The molecule has 0 radical (unpaired) electrons. The summed E-state index contributed by atoms with van der Waals surface area (Å²) in [6.45, 7) is 15.1. The summed E-state index contributed by atoms with van der Waals surface area (Å²) in [5, 5.41) is 3.27. The lowest BCUT2D eigenvalue weighted by Gasteiger charge is -2.28. The van der Waals surface area contributed by atoms with E-state index in [2.05, 4.69) is 35.7 Å². The average Bonchev–Trinajstić information content (AvgIpc) is 3.25. The van der Waals surface area contributed by atoms with Crippen molar-refractivity contribution in [2.24, 2.45) is 0 Å². The van der Waals surface area contributed by atoms with E-state index >= 15 is 0 Å². The zero-order chi connectivity index (χ0) is 40.7. The van der Waals surface area contributed by atoms with Crippen LogP contribution in [0.25, 0.3) is 0 Å². The molecule has 0 saturated heterocycles. The molecule has 0 aliphatic carbocycles. The van der Waals surface area contributed by atoms with Crippen molar-refractivity contribution >= 4 is 36.4 Å². The van der Waals surface area contributed by atoms with Gasteiger partial charge in [0.2, 0.25) is 0 Å².